The molecular weight excluding hydrogens is 412 g/mol. The predicted molar refractivity (Wildman–Crippen MR) is 132 cm³/mol. The molecule has 1 N–H and O–H groups in total. The van der Waals surface area contributed by atoms with Crippen LogP contribution in [-0.4, -0.2) is 55.8 Å². The highest BCUT2D eigenvalue weighted by molar-refractivity contribution is 5.91. The van der Waals surface area contributed by atoms with Crippen molar-refractivity contribution in [1.29, 1.82) is 0 Å². The van der Waals surface area contributed by atoms with E-state index >= 15 is 0 Å². The minimum Gasteiger partial charge on any atom is -0.497 e. The molecular formula is C28H36N2O3. The minimum absolute atomic E-state index is 0.0181. The molecule has 2 aliphatic heterocycles. The van der Waals surface area contributed by atoms with E-state index in [1.807, 2.05) is 30.3 Å². The number of methoxy groups -OCH3 is 1. The number of benzene rings is 2. The smallest absolute Gasteiger partial charge is 0.244 e. The summed E-state index contributed by atoms with van der Waals surface area (Å²) in [5.74, 6) is 0.727. The Morgan fingerprint density at radius 3 is 2.61 bits per heavy atom. The van der Waals surface area contributed by atoms with E-state index in [0.717, 1.165) is 63.1 Å². The van der Waals surface area contributed by atoms with Crippen molar-refractivity contribution in [2.24, 2.45) is 0 Å². The zero-order chi connectivity index (χ0) is 22.9. The van der Waals surface area contributed by atoms with Gasteiger partial charge in [-0.2, -0.15) is 0 Å². The van der Waals surface area contributed by atoms with E-state index in [0.29, 0.717) is 6.54 Å². The summed E-state index contributed by atoms with van der Waals surface area (Å²) < 4.78 is 11.6. The molecule has 0 radical (unpaired) electrons. The van der Waals surface area contributed by atoms with Gasteiger partial charge in [0.05, 0.1) is 18.8 Å². The molecule has 2 saturated heterocycles. The second-order valence-corrected chi connectivity index (χ2v) is 9.24. The van der Waals surface area contributed by atoms with Gasteiger partial charge in [-0.25, -0.2) is 0 Å². The van der Waals surface area contributed by atoms with Crippen LogP contribution in [0.15, 0.2) is 60.7 Å². The molecule has 2 heterocycles. The minimum atomic E-state index is -0.0800. The Morgan fingerprint density at radius 2 is 1.88 bits per heavy atom. The molecule has 5 heteroatoms. The van der Waals surface area contributed by atoms with Crippen LogP contribution in [0.25, 0.3) is 6.08 Å². The van der Waals surface area contributed by atoms with E-state index in [1.165, 1.54) is 12.0 Å². The fraction of sp³-hybridized carbons (Fsp3) is 0.464. The quantitative estimate of drug-likeness (QED) is 0.575. The van der Waals surface area contributed by atoms with E-state index in [2.05, 4.69) is 40.5 Å². The monoisotopic (exact) mass is 448 g/mol. The number of likely N-dealkylation sites (tertiary alicyclic amines) is 1. The van der Waals surface area contributed by atoms with E-state index in [-0.39, 0.29) is 17.6 Å². The molecule has 1 spiro atoms. The van der Waals surface area contributed by atoms with Crippen LogP contribution in [0.4, 0.5) is 0 Å². The molecule has 0 aliphatic carbocycles. The second-order valence-electron chi connectivity index (χ2n) is 9.24. The third-order valence-electron chi connectivity index (χ3n) is 6.94. The van der Waals surface area contributed by atoms with Gasteiger partial charge in [-0.3, -0.25) is 4.79 Å². The SMILES string of the molecule is COc1ccc(/C=C/C(=O)NC[C@@H]2CCC3(CCN(CCCc4ccccc4)CC3)O2)cc1. The number of nitrogens with one attached hydrogen (secondary N) is 1. The van der Waals surface area contributed by atoms with E-state index in [9.17, 15) is 4.79 Å². The molecule has 2 aromatic carbocycles. The van der Waals surface area contributed by atoms with Gasteiger partial charge in [-0.1, -0.05) is 42.5 Å². The number of hydrogen-bond donors (Lipinski definition) is 1. The van der Waals surface area contributed by atoms with Crippen LogP contribution in [0, 0.1) is 0 Å². The molecule has 33 heavy (non-hydrogen) atoms. The van der Waals surface area contributed by atoms with Crippen LogP contribution in [-0.2, 0) is 16.0 Å². The van der Waals surface area contributed by atoms with Crippen molar-refractivity contribution in [2.45, 2.75) is 50.2 Å². The van der Waals surface area contributed by atoms with Crippen LogP contribution in [0.1, 0.15) is 43.2 Å². The first-order chi connectivity index (χ1) is 16.1. The molecule has 1 atom stereocenters. The van der Waals surface area contributed by atoms with E-state index in [1.54, 1.807) is 13.2 Å². The maximum absolute atomic E-state index is 12.2. The largest absolute Gasteiger partial charge is 0.497 e. The van der Waals surface area contributed by atoms with Crippen molar-refractivity contribution >= 4 is 12.0 Å². The standard InChI is InChI=1S/C28H36N2O3/c1-32-25-12-9-24(10-13-25)11-14-27(31)29-22-26-15-16-28(33-26)17-20-30(21-18-28)19-5-8-23-6-3-2-4-7-23/h2-4,6-7,9-14,26H,5,8,15-22H2,1H3,(H,29,31)/b14-11+/t26-/m0/s1. The summed E-state index contributed by atoms with van der Waals surface area (Å²) >= 11 is 0. The number of piperidine rings is 1. The number of hydrogen-bond acceptors (Lipinski definition) is 4. The molecule has 1 amide bonds. The summed E-state index contributed by atoms with van der Waals surface area (Å²) in [7, 11) is 1.64. The molecule has 0 unspecified atom stereocenters. The number of nitrogens with zero attached hydrogens (tertiary/aromatic N) is 1. The second kappa shape index (κ2) is 11.5. The fourth-order valence-corrected chi connectivity index (χ4v) is 4.90. The lowest BCUT2D eigenvalue weighted by Crippen LogP contribution is -2.45. The number of aryl methyl sites for hydroxylation is 1. The van der Waals surface area contributed by atoms with Gasteiger partial charge >= 0.3 is 0 Å². The van der Waals surface area contributed by atoms with Crippen molar-refractivity contribution in [2.75, 3.05) is 33.3 Å². The van der Waals surface area contributed by atoms with Crippen molar-refractivity contribution in [3.8, 4) is 5.75 Å². The Labute approximate surface area is 197 Å². The average Bonchev–Trinajstić information content (AvgIpc) is 3.26. The molecule has 0 saturated carbocycles. The molecule has 2 aliphatic rings. The fourth-order valence-electron chi connectivity index (χ4n) is 4.90. The highest BCUT2D eigenvalue weighted by Gasteiger charge is 2.42. The summed E-state index contributed by atoms with van der Waals surface area (Å²) in [4.78, 5) is 14.8. The summed E-state index contributed by atoms with van der Waals surface area (Å²) in [5.41, 5.74) is 2.41. The lowest BCUT2D eigenvalue weighted by atomic mass is 9.88. The topological polar surface area (TPSA) is 50.8 Å². The molecule has 176 valence electrons. The average molecular weight is 449 g/mol. The normalized spacial score (nSPS) is 20.3. The summed E-state index contributed by atoms with van der Waals surface area (Å²) in [6.07, 6.45) is 10.2. The first kappa shape index (κ1) is 23.5. The molecule has 5 nitrogen and oxygen atoms in total. The van der Waals surface area contributed by atoms with Crippen LogP contribution in [0.2, 0.25) is 0 Å². The molecule has 2 fully saturated rings. The first-order valence-corrected chi connectivity index (χ1v) is 12.2. The Kier molecular flexibility index (Phi) is 8.19. The Morgan fingerprint density at radius 1 is 1.12 bits per heavy atom. The third-order valence-corrected chi connectivity index (χ3v) is 6.94. The van der Waals surface area contributed by atoms with Crippen LogP contribution in [0.3, 0.4) is 0 Å². The number of carbonyl (C=O) groups excluding carboxylic acids is 1. The zero-order valence-electron chi connectivity index (χ0n) is 19.7. The Bertz CT molecular complexity index is 902. The number of rotatable bonds is 9. The number of carbonyl (C=O) groups is 1. The maximum Gasteiger partial charge on any atom is 0.244 e. The maximum atomic E-state index is 12.2. The van der Waals surface area contributed by atoms with Gasteiger partial charge in [0, 0.05) is 25.7 Å². The zero-order valence-corrected chi connectivity index (χ0v) is 19.7. The third kappa shape index (κ3) is 6.92. The molecule has 4 rings (SSSR count). The van der Waals surface area contributed by atoms with E-state index < -0.39 is 0 Å². The van der Waals surface area contributed by atoms with Crippen molar-refractivity contribution < 1.29 is 14.3 Å². The van der Waals surface area contributed by atoms with Crippen LogP contribution >= 0.6 is 0 Å². The molecule has 0 bridgehead atoms. The van der Waals surface area contributed by atoms with Crippen molar-refractivity contribution in [1.82, 2.24) is 10.2 Å². The van der Waals surface area contributed by atoms with Crippen molar-refractivity contribution in [3.63, 3.8) is 0 Å². The molecule has 0 aromatic heterocycles. The molecule has 2 aromatic rings. The lowest BCUT2D eigenvalue weighted by Gasteiger charge is -2.39. The highest BCUT2D eigenvalue weighted by Crippen LogP contribution is 2.38. The Balaban J connectivity index is 1.13. The van der Waals surface area contributed by atoms with Gasteiger partial charge in [0.15, 0.2) is 0 Å². The lowest BCUT2D eigenvalue weighted by molar-refractivity contribution is -0.118. The van der Waals surface area contributed by atoms with Crippen LogP contribution < -0.4 is 10.1 Å². The summed E-state index contributed by atoms with van der Waals surface area (Å²) in [5, 5.41) is 3.01. The van der Waals surface area contributed by atoms with Gasteiger partial charge in [0.25, 0.3) is 0 Å². The Hall–Kier alpha value is -2.63. The summed E-state index contributed by atoms with van der Waals surface area (Å²) in [6, 6.07) is 18.4. The van der Waals surface area contributed by atoms with Gasteiger partial charge in [-0.15, -0.1) is 0 Å². The summed E-state index contributed by atoms with van der Waals surface area (Å²) in [6.45, 7) is 3.95. The van der Waals surface area contributed by atoms with Crippen LogP contribution in [0.5, 0.6) is 5.75 Å². The predicted octanol–water partition coefficient (Wildman–Crippen LogP) is 4.47. The highest BCUT2D eigenvalue weighted by atomic mass is 16.5. The number of amides is 1. The first-order valence-electron chi connectivity index (χ1n) is 12.2. The number of ether oxygens (including phenoxy) is 2. The van der Waals surface area contributed by atoms with Gasteiger partial charge in [-0.05, 0) is 74.4 Å². The van der Waals surface area contributed by atoms with Gasteiger partial charge in [0.2, 0.25) is 5.91 Å². The van der Waals surface area contributed by atoms with E-state index in [4.69, 9.17) is 9.47 Å². The van der Waals surface area contributed by atoms with Crippen molar-refractivity contribution in [3.05, 3.63) is 71.8 Å². The van der Waals surface area contributed by atoms with Gasteiger partial charge in [0.1, 0.15) is 5.75 Å². The van der Waals surface area contributed by atoms with Gasteiger partial charge < -0.3 is 19.7 Å².